The van der Waals surface area contributed by atoms with Crippen LogP contribution in [0.15, 0.2) is 33.3 Å². The van der Waals surface area contributed by atoms with Crippen LogP contribution in [0.3, 0.4) is 0 Å². The summed E-state index contributed by atoms with van der Waals surface area (Å²) in [6.45, 7) is 0. The number of aliphatic carboxylic acids is 3. The smallest absolute Gasteiger partial charge is 0.543 e. The van der Waals surface area contributed by atoms with Gasteiger partial charge in [0, 0.05) is 16.2 Å². The molecule has 0 saturated heterocycles. The minimum absolute atomic E-state index is 0. The van der Waals surface area contributed by atoms with Crippen molar-refractivity contribution in [2.75, 3.05) is 0 Å². The van der Waals surface area contributed by atoms with Crippen molar-refractivity contribution >= 4 is 91.1 Å². The molecule has 12 nitrogen and oxygen atoms in total. The summed E-state index contributed by atoms with van der Waals surface area (Å²) < 4.78 is -1.60. The van der Waals surface area contributed by atoms with Gasteiger partial charge in [0.2, 0.25) is 0 Å². The van der Waals surface area contributed by atoms with E-state index in [0.29, 0.717) is 15.2 Å². The second kappa shape index (κ2) is 19.1. The Morgan fingerprint density at radius 2 is 0.818 bits per heavy atom. The molecule has 168 valence electrons. The van der Waals surface area contributed by atoms with E-state index in [9.17, 15) is 29.7 Å². The van der Waals surface area contributed by atoms with Gasteiger partial charge >= 0.3 is 88.7 Å². The third kappa shape index (κ3) is 12.4. The Bertz CT molecular complexity index is 693. The number of carboxylic acids is 3. The van der Waals surface area contributed by atoms with Crippen LogP contribution in [0.1, 0.15) is 0 Å². The van der Waals surface area contributed by atoms with E-state index in [4.69, 9.17) is 15.6 Å². The Kier molecular flexibility index (Phi) is 22.9. The Balaban J connectivity index is -0.000000391. The van der Waals surface area contributed by atoms with E-state index in [1.54, 1.807) is 0 Å². The number of nitrogens with zero attached hydrogens (tertiary/aromatic N) is 3. The van der Waals surface area contributed by atoms with Gasteiger partial charge in [0.25, 0.3) is 0 Å². The average Bonchev–Trinajstić information content (AvgIpc) is 3.29. The first-order valence-electron chi connectivity index (χ1n) is 7.07. The Morgan fingerprint density at radius 3 is 0.879 bits per heavy atom. The third-order valence-corrected chi connectivity index (χ3v) is 7.06. The first-order chi connectivity index (χ1) is 13.9. The second-order valence-electron chi connectivity index (χ2n) is 4.79. The molecule has 0 aromatic heterocycles. The summed E-state index contributed by atoms with van der Waals surface area (Å²) in [5.41, 5.74) is -0.736. The molecule has 3 rings (SSSR count). The van der Waals surface area contributed by atoms with Crippen LogP contribution < -0.4 is 104 Å². The van der Waals surface area contributed by atoms with Gasteiger partial charge in [-0.15, -0.1) is 37.9 Å². The maximum absolute atomic E-state index is 10.1. The molecule has 3 aliphatic rings. The number of thiol groups is 3. The zero-order valence-corrected chi connectivity index (χ0v) is 28.3. The molecule has 0 aromatic rings. The van der Waals surface area contributed by atoms with Crippen molar-refractivity contribution < 1.29 is 134 Å². The predicted molar refractivity (Wildman–Crippen MR) is 111 cm³/mol. The fourth-order valence-electron chi connectivity index (χ4n) is 1.49. The molecule has 33 heavy (non-hydrogen) atoms. The van der Waals surface area contributed by atoms with Crippen LogP contribution in [0, 0.1) is 0 Å². The van der Waals surface area contributed by atoms with Crippen molar-refractivity contribution in [2.45, 2.75) is 14.1 Å². The van der Waals surface area contributed by atoms with Gasteiger partial charge in [-0.1, -0.05) is 35.3 Å². The van der Waals surface area contributed by atoms with Crippen molar-refractivity contribution in [1.82, 2.24) is 15.2 Å². The molecule has 0 aliphatic carbocycles. The first kappa shape index (κ1) is 39.5. The number of carbonyl (C=O) groups is 3. The van der Waals surface area contributed by atoms with Crippen molar-refractivity contribution in [2.24, 2.45) is 0 Å². The number of rotatable bonds is 3. The minimum Gasteiger partial charge on any atom is -0.543 e. The molecule has 0 fully saturated rings. The number of carboxylic acid groups (broad SMARTS) is 3. The fourth-order valence-corrected chi connectivity index (χ4v) is 4.46. The van der Waals surface area contributed by atoms with E-state index in [1.807, 2.05) is 0 Å². The molecule has 0 bridgehead atoms. The normalized spacial score (nSPS) is 22.5. The number of carbonyl (C=O) groups excluding carboxylic acids is 3. The standard InChI is InChI=1S/3C4H5NO3S2.3Na/c3*6-3(7)2-1-10-4(9)5(2)8;;;/h3*1,4,8-9H,(H,6,7);;;/q;;;3*+1/p-3. The fraction of sp³-hybridized carbons (Fsp3) is 0.250. The number of thioether (sulfide) groups is 3. The molecule has 3 heterocycles. The van der Waals surface area contributed by atoms with E-state index >= 15 is 0 Å². The zero-order chi connectivity index (χ0) is 23.2. The van der Waals surface area contributed by atoms with Crippen molar-refractivity contribution in [3.63, 3.8) is 0 Å². The Labute approximate surface area is 283 Å². The minimum atomic E-state index is -1.40. The summed E-state index contributed by atoms with van der Waals surface area (Å²) >= 11 is 14.8. The van der Waals surface area contributed by atoms with Crippen molar-refractivity contribution in [1.29, 1.82) is 0 Å². The van der Waals surface area contributed by atoms with Crippen LogP contribution in [-0.4, -0.2) is 62.8 Å². The summed E-state index contributed by atoms with van der Waals surface area (Å²) in [6.07, 6.45) is 0. The summed E-state index contributed by atoms with van der Waals surface area (Å²) in [7, 11) is 0. The van der Waals surface area contributed by atoms with E-state index in [1.165, 1.54) is 16.2 Å². The maximum atomic E-state index is 10.1. The van der Waals surface area contributed by atoms with Crippen LogP contribution in [0.2, 0.25) is 0 Å². The van der Waals surface area contributed by atoms with Gasteiger partial charge in [-0.2, -0.15) is 0 Å². The van der Waals surface area contributed by atoms with Gasteiger partial charge in [0.1, 0.15) is 14.1 Å². The molecule has 21 heteroatoms. The summed E-state index contributed by atoms with van der Waals surface area (Å²) in [5, 5.41) is 62.5. The molecule has 3 unspecified atom stereocenters. The molecule has 0 amide bonds. The van der Waals surface area contributed by atoms with Gasteiger partial charge in [-0.3, -0.25) is 15.6 Å². The number of hydroxylamine groups is 6. The van der Waals surface area contributed by atoms with E-state index in [0.717, 1.165) is 35.3 Å². The SMILES string of the molecule is O=C([O-])C1=CSC(S)N1O.O=C([O-])C1=CSC(S)N1O.O=C([O-])C1=CSC(S)N1O.[Na+].[Na+].[Na+]. The van der Waals surface area contributed by atoms with E-state index < -0.39 is 32.0 Å². The quantitative estimate of drug-likeness (QED) is 0.132. The Hall–Kier alpha value is 2.01. The maximum Gasteiger partial charge on any atom is 1.00 e. The van der Waals surface area contributed by atoms with Crippen molar-refractivity contribution in [3.05, 3.63) is 33.3 Å². The van der Waals surface area contributed by atoms with Gasteiger partial charge in [-0.05, 0) is 0 Å². The van der Waals surface area contributed by atoms with Gasteiger partial charge in [0.05, 0.1) is 35.0 Å². The van der Waals surface area contributed by atoms with Crippen LogP contribution in [0.5, 0.6) is 0 Å². The summed E-state index contributed by atoms with van der Waals surface area (Å²) in [6, 6.07) is 0. The van der Waals surface area contributed by atoms with Crippen LogP contribution in [0.25, 0.3) is 0 Å². The topological polar surface area (TPSA) is 191 Å². The molecular weight excluding hydrogens is 592 g/mol. The van der Waals surface area contributed by atoms with Gasteiger partial charge in [-0.25, -0.2) is 15.2 Å². The number of hydrogen-bond acceptors (Lipinski definition) is 18. The van der Waals surface area contributed by atoms with Crippen LogP contribution in [0.4, 0.5) is 0 Å². The largest absolute Gasteiger partial charge is 1.00 e. The van der Waals surface area contributed by atoms with Crippen LogP contribution >= 0.6 is 73.2 Å². The van der Waals surface area contributed by atoms with E-state index in [2.05, 4.69) is 37.9 Å². The third-order valence-electron chi connectivity index (χ3n) is 2.90. The molecular formula is C12H12N3Na3O9S6. The first-order valence-corrected chi connectivity index (χ1v) is 11.5. The molecule has 3 aliphatic heterocycles. The van der Waals surface area contributed by atoms with Gasteiger partial charge in [0.15, 0.2) is 0 Å². The second-order valence-corrected chi connectivity index (χ2v) is 10.2. The predicted octanol–water partition coefficient (Wildman–Crippen LogP) is -11.3. The molecule has 0 radical (unpaired) electrons. The summed E-state index contributed by atoms with van der Waals surface area (Å²) in [4.78, 5) is 30.4. The molecule has 0 aromatic carbocycles. The number of hydrogen-bond donors (Lipinski definition) is 6. The average molecular weight is 604 g/mol. The molecule has 3 atom stereocenters. The Morgan fingerprint density at radius 1 is 0.636 bits per heavy atom. The van der Waals surface area contributed by atoms with Crippen LogP contribution in [-0.2, 0) is 14.4 Å². The van der Waals surface area contributed by atoms with E-state index in [-0.39, 0.29) is 106 Å². The summed E-state index contributed by atoms with van der Waals surface area (Å²) in [5.74, 6) is -4.19. The zero-order valence-electron chi connectivity index (χ0n) is 17.2. The molecule has 0 spiro atoms. The molecule has 0 saturated carbocycles. The molecule has 3 N–H and O–H groups in total. The van der Waals surface area contributed by atoms with Crippen molar-refractivity contribution in [3.8, 4) is 0 Å². The monoisotopic (exact) mass is 603 g/mol. The van der Waals surface area contributed by atoms with Gasteiger partial charge < -0.3 is 29.7 Å².